The van der Waals surface area contributed by atoms with Gasteiger partial charge in [0.15, 0.2) is 11.5 Å². The monoisotopic (exact) mass is 444 g/mol. The van der Waals surface area contributed by atoms with Gasteiger partial charge in [-0.05, 0) is 53.1 Å². The summed E-state index contributed by atoms with van der Waals surface area (Å²) in [5, 5.41) is 0. The molecule has 0 fully saturated rings. The van der Waals surface area contributed by atoms with Crippen LogP contribution in [0.15, 0.2) is 60.7 Å². The van der Waals surface area contributed by atoms with Crippen molar-refractivity contribution in [1.82, 2.24) is 4.90 Å². The van der Waals surface area contributed by atoms with E-state index >= 15 is 0 Å². The van der Waals surface area contributed by atoms with Crippen LogP contribution in [0.25, 0.3) is 11.1 Å². The fraction of sp³-hybridized carbons (Fsp3) is 0.231. The lowest BCUT2D eigenvalue weighted by atomic mass is 10.0. The van der Waals surface area contributed by atoms with Crippen LogP contribution in [0.3, 0.4) is 0 Å². The number of benzene rings is 3. The Bertz CT molecular complexity index is 1220. The van der Waals surface area contributed by atoms with Gasteiger partial charge >= 0.3 is 0 Å². The molecule has 168 valence electrons. The van der Waals surface area contributed by atoms with Crippen LogP contribution >= 0.6 is 0 Å². The van der Waals surface area contributed by atoms with Crippen LogP contribution in [0.2, 0.25) is 0 Å². The fourth-order valence-electron chi connectivity index (χ4n) is 4.05. The third-order valence-electron chi connectivity index (χ3n) is 5.81. The maximum absolute atomic E-state index is 12.8. The summed E-state index contributed by atoms with van der Waals surface area (Å²) in [7, 11) is 3.45. The highest BCUT2D eigenvalue weighted by molar-refractivity contribution is 5.96. The van der Waals surface area contributed by atoms with Crippen molar-refractivity contribution in [3.8, 4) is 22.6 Å². The summed E-state index contributed by atoms with van der Waals surface area (Å²) in [5.74, 6) is 1.32. The van der Waals surface area contributed by atoms with Gasteiger partial charge < -0.3 is 24.0 Å². The molecule has 2 aliphatic heterocycles. The van der Waals surface area contributed by atoms with E-state index < -0.39 is 0 Å². The summed E-state index contributed by atoms with van der Waals surface area (Å²) in [5.41, 5.74) is 5.34. The van der Waals surface area contributed by atoms with Gasteiger partial charge in [-0.2, -0.15) is 0 Å². The zero-order valence-electron chi connectivity index (χ0n) is 18.5. The molecule has 2 amide bonds. The highest BCUT2D eigenvalue weighted by atomic mass is 16.7. The predicted octanol–water partition coefficient (Wildman–Crippen LogP) is 3.85. The molecule has 7 heteroatoms. The molecule has 3 aromatic carbocycles. The molecular weight excluding hydrogens is 420 g/mol. The van der Waals surface area contributed by atoms with E-state index in [-0.39, 0.29) is 25.2 Å². The molecule has 0 aliphatic carbocycles. The minimum atomic E-state index is -0.0991. The lowest BCUT2D eigenvalue weighted by Crippen LogP contribution is -2.32. The second-order valence-electron chi connectivity index (χ2n) is 8.28. The fourth-order valence-corrected chi connectivity index (χ4v) is 4.05. The Balaban J connectivity index is 1.43. The Morgan fingerprint density at radius 3 is 2.42 bits per heavy atom. The summed E-state index contributed by atoms with van der Waals surface area (Å²) < 4.78 is 16.6. The van der Waals surface area contributed by atoms with E-state index in [9.17, 15) is 9.59 Å². The minimum absolute atomic E-state index is 0.0191. The van der Waals surface area contributed by atoms with Gasteiger partial charge in [-0.25, -0.2) is 0 Å². The zero-order valence-corrected chi connectivity index (χ0v) is 18.5. The summed E-state index contributed by atoms with van der Waals surface area (Å²) in [4.78, 5) is 28.3. The third kappa shape index (κ3) is 4.15. The van der Waals surface area contributed by atoms with Crippen molar-refractivity contribution in [2.24, 2.45) is 0 Å². The van der Waals surface area contributed by atoms with E-state index in [1.807, 2.05) is 42.5 Å². The van der Waals surface area contributed by atoms with Gasteiger partial charge in [0, 0.05) is 30.9 Å². The SMILES string of the molecule is CN(C)C(=O)c1ccc(CN2C(=O)COCc3cc(-c4ccc5c(c4)OCO5)ccc32)cc1. The van der Waals surface area contributed by atoms with Crippen LogP contribution in [-0.4, -0.2) is 44.2 Å². The van der Waals surface area contributed by atoms with Crippen molar-refractivity contribution in [2.75, 3.05) is 32.4 Å². The first kappa shape index (κ1) is 21.0. The highest BCUT2D eigenvalue weighted by Gasteiger charge is 2.24. The van der Waals surface area contributed by atoms with Gasteiger partial charge in [0.2, 0.25) is 6.79 Å². The average Bonchev–Trinajstić information content (AvgIpc) is 3.24. The lowest BCUT2D eigenvalue weighted by Gasteiger charge is -2.23. The number of anilines is 1. The second-order valence-corrected chi connectivity index (χ2v) is 8.28. The predicted molar refractivity (Wildman–Crippen MR) is 123 cm³/mol. The van der Waals surface area contributed by atoms with Crippen LogP contribution in [0.5, 0.6) is 11.5 Å². The molecule has 0 unspecified atom stereocenters. The molecule has 0 aromatic heterocycles. The largest absolute Gasteiger partial charge is 0.454 e. The minimum Gasteiger partial charge on any atom is -0.454 e. The van der Waals surface area contributed by atoms with Crippen molar-refractivity contribution >= 4 is 17.5 Å². The first-order valence-corrected chi connectivity index (χ1v) is 10.7. The summed E-state index contributed by atoms with van der Waals surface area (Å²) in [6, 6.07) is 19.2. The summed E-state index contributed by atoms with van der Waals surface area (Å²) in [6.07, 6.45) is 0. The average molecular weight is 444 g/mol. The summed E-state index contributed by atoms with van der Waals surface area (Å²) >= 11 is 0. The number of fused-ring (bicyclic) bond motifs is 2. The number of amides is 2. The maximum atomic E-state index is 12.8. The number of carbonyl (C=O) groups is 2. The van der Waals surface area contributed by atoms with E-state index in [1.54, 1.807) is 36.0 Å². The van der Waals surface area contributed by atoms with Gasteiger partial charge in [0.05, 0.1) is 13.2 Å². The molecule has 0 atom stereocenters. The zero-order chi connectivity index (χ0) is 22.9. The smallest absolute Gasteiger partial charge is 0.253 e. The number of rotatable bonds is 4. The van der Waals surface area contributed by atoms with E-state index in [2.05, 4.69) is 6.07 Å². The molecule has 2 heterocycles. The molecule has 0 N–H and O–H groups in total. The number of carbonyl (C=O) groups excluding carboxylic acids is 2. The number of ether oxygens (including phenoxy) is 3. The molecule has 7 nitrogen and oxygen atoms in total. The van der Waals surface area contributed by atoms with Crippen LogP contribution in [0.4, 0.5) is 5.69 Å². The first-order chi connectivity index (χ1) is 16.0. The Labute approximate surface area is 192 Å². The van der Waals surface area contributed by atoms with Crippen LogP contribution in [0.1, 0.15) is 21.5 Å². The second kappa shape index (κ2) is 8.60. The molecule has 0 saturated heterocycles. The third-order valence-corrected chi connectivity index (χ3v) is 5.81. The van der Waals surface area contributed by atoms with Crippen molar-refractivity contribution in [2.45, 2.75) is 13.2 Å². The van der Waals surface area contributed by atoms with Crippen molar-refractivity contribution in [3.05, 3.63) is 77.4 Å². The van der Waals surface area contributed by atoms with E-state index in [4.69, 9.17) is 14.2 Å². The molecule has 0 saturated carbocycles. The van der Waals surface area contributed by atoms with Gasteiger partial charge in [-0.15, -0.1) is 0 Å². The van der Waals surface area contributed by atoms with Crippen molar-refractivity contribution in [3.63, 3.8) is 0 Å². The van der Waals surface area contributed by atoms with E-state index in [0.29, 0.717) is 18.7 Å². The van der Waals surface area contributed by atoms with E-state index in [1.165, 1.54) is 0 Å². The Kier molecular flexibility index (Phi) is 5.48. The van der Waals surface area contributed by atoms with Gasteiger partial charge in [-0.3, -0.25) is 9.59 Å². The van der Waals surface area contributed by atoms with Gasteiger partial charge in [0.1, 0.15) is 6.61 Å². The molecule has 5 rings (SSSR count). The molecule has 0 bridgehead atoms. The number of hydrogen-bond donors (Lipinski definition) is 0. The van der Waals surface area contributed by atoms with Gasteiger partial charge in [-0.1, -0.05) is 24.3 Å². The maximum Gasteiger partial charge on any atom is 0.253 e. The Hall–Kier alpha value is -3.84. The van der Waals surface area contributed by atoms with Crippen LogP contribution in [-0.2, 0) is 22.7 Å². The molecular formula is C26H24N2O5. The van der Waals surface area contributed by atoms with Crippen LogP contribution < -0.4 is 14.4 Å². The lowest BCUT2D eigenvalue weighted by molar-refractivity contribution is -0.123. The quantitative estimate of drug-likeness (QED) is 0.612. The van der Waals surface area contributed by atoms with E-state index in [0.717, 1.165) is 39.4 Å². The number of hydrogen-bond acceptors (Lipinski definition) is 5. The van der Waals surface area contributed by atoms with Crippen molar-refractivity contribution < 1.29 is 23.8 Å². The highest BCUT2D eigenvalue weighted by Crippen LogP contribution is 2.37. The van der Waals surface area contributed by atoms with Gasteiger partial charge in [0.25, 0.3) is 11.8 Å². The van der Waals surface area contributed by atoms with Crippen LogP contribution in [0, 0.1) is 0 Å². The molecule has 0 spiro atoms. The molecule has 2 aliphatic rings. The Morgan fingerprint density at radius 2 is 1.64 bits per heavy atom. The first-order valence-electron chi connectivity index (χ1n) is 10.7. The topological polar surface area (TPSA) is 68.3 Å². The molecule has 3 aromatic rings. The molecule has 0 radical (unpaired) electrons. The number of nitrogens with zero attached hydrogens (tertiary/aromatic N) is 2. The summed E-state index contributed by atoms with van der Waals surface area (Å²) in [6.45, 7) is 1.00. The molecule has 33 heavy (non-hydrogen) atoms. The Morgan fingerprint density at radius 1 is 0.909 bits per heavy atom. The van der Waals surface area contributed by atoms with Crippen molar-refractivity contribution in [1.29, 1.82) is 0 Å². The normalized spacial score (nSPS) is 14.6. The standard InChI is InChI=1S/C26H24N2O5/c1-27(2)26(30)18-5-3-17(4-6-18)13-28-22-9-7-19(11-21(22)14-31-15-25(28)29)20-8-10-23-24(12-20)33-16-32-23/h3-12H,13-16H2,1-2H3.